The molecule has 0 atom stereocenters. The fourth-order valence-electron chi connectivity index (χ4n) is 8.31. The number of hydrogen-bond donors (Lipinski definition) is 0. The van der Waals surface area contributed by atoms with Crippen LogP contribution in [0.3, 0.4) is 0 Å². The highest BCUT2D eigenvalue weighted by Gasteiger charge is 2.44. The highest BCUT2D eigenvalue weighted by atomic mass is 28.4. The first-order chi connectivity index (χ1) is 37.7. The van der Waals surface area contributed by atoms with Crippen LogP contribution in [0.5, 0.6) is 34.5 Å². The molecule has 6 aromatic rings. The zero-order chi connectivity index (χ0) is 62.2. The zero-order valence-electron chi connectivity index (χ0n) is 54.5. The molecule has 12 nitrogen and oxygen atoms in total. The molecule has 0 fully saturated rings. The van der Waals surface area contributed by atoms with Gasteiger partial charge in [0, 0.05) is 58.1 Å². The van der Waals surface area contributed by atoms with Crippen molar-refractivity contribution in [3.63, 3.8) is 0 Å². The van der Waals surface area contributed by atoms with Gasteiger partial charge in [-0.2, -0.15) is 0 Å². The molecule has 0 bridgehead atoms. The number of carbonyl (C=O) groups is 1. The summed E-state index contributed by atoms with van der Waals surface area (Å²) in [5, 5.41) is 1.64. The quantitative estimate of drug-likeness (QED) is 0.0952. The molecule has 8 rings (SSSR count). The molecule has 0 amide bonds. The van der Waals surface area contributed by atoms with E-state index in [1.54, 1.807) is 12.1 Å². The average molecular weight is 1240 g/mol. The topological polar surface area (TPSA) is 142 Å². The van der Waals surface area contributed by atoms with Gasteiger partial charge in [-0.15, -0.1) is 0 Å². The molecule has 0 unspecified atom stereocenters. The number of carbonyl (C=O) groups excluding carboxylic acids is 1. The van der Waals surface area contributed by atoms with Crippen LogP contribution >= 0.6 is 0 Å². The highest BCUT2D eigenvalue weighted by Crippen LogP contribution is 2.47. The Morgan fingerprint density at radius 2 is 0.738 bits per heavy atom. The van der Waals surface area contributed by atoms with Gasteiger partial charge in [-0.05, 0) is 151 Å². The van der Waals surface area contributed by atoms with Crippen LogP contribution in [0.1, 0.15) is 122 Å². The van der Waals surface area contributed by atoms with Gasteiger partial charge in [-0.1, -0.05) is 111 Å². The Kier molecular flexibility index (Phi) is 18.7. The molecule has 0 saturated carbocycles. The first-order valence-corrected chi connectivity index (χ1v) is 43.7. The minimum Gasteiger partial charge on any atom is -0.544 e. The van der Waals surface area contributed by atoms with E-state index in [2.05, 4.69) is 169 Å². The number of fused-ring (bicyclic) bond motifs is 10. The number of Topliss-reactive ketones (excluding diaryl/α,β-unsaturated/α-hetero) is 1. The molecule has 2 aromatic heterocycles. The van der Waals surface area contributed by atoms with Gasteiger partial charge in [-0.25, -0.2) is 9.59 Å². The Balaban J connectivity index is 0.000000270. The largest absolute Gasteiger partial charge is 0.544 e. The lowest BCUT2D eigenvalue weighted by molar-refractivity contribution is -0.120. The van der Waals surface area contributed by atoms with Crippen molar-refractivity contribution in [2.75, 3.05) is 13.2 Å². The first-order valence-electron chi connectivity index (χ1n) is 29.1. The van der Waals surface area contributed by atoms with Crippen LogP contribution in [0.25, 0.3) is 50.3 Å². The fourth-order valence-corrected chi connectivity index (χ4v) is 13.5. The van der Waals surface area contributed by atoms with E-state index in [0.29, 0.717) is 73.5 Å². The molecule has 458 valence electrons. The van der Waals surface area contributed by atoms with Crippen LogP contribution < -0.4 is 38.4 Å². The second kappa shape index (κ2) is 23.2. The molecule has 4 heterocycles. The summed E-state index contributed by atoms with van der Waals surface area (Å²) in [5.74, 6) is 4.38. The molecule has 0 N–H and O–H groups in total. The molecule has 0 saturated heterocycles. The number of hydrogen-bond acceptors (Lipinski definition) is 12. The van der Waals surface area contributed by atoms with E-state index in [1.807, 2.05) is 66.7 Å². The lowest BCUT2D eigenvalue weighted by Gasteiger charge is -2.38. The summed E-state index contributed by atoms with van der Waals surface area (Å²) in [6.07, 6.45) is 2.06. The summed E-state index contributed by atoms with van der Waals surface area (Å²) in [6, 6.07) is 22.7. The molecule has 2 aliphatic heterocycles. The van der Waals surface area contributed by atoms with Gasteiger partial charge < -0.3 is 40.4 Å². The summed E-state index contributed by atoms with van der Waals surface area (Å²) < 4.78 is 57.1. The van der Waals surface area contributed by atoms with Crippen molar-refractivity contribution in [1.82, 2.24) is 0 Å². The van der Waals surface area contributed by atoms with Gasteiger partial charge in [0.1, 0.15) is 64.6 Å². The fraction of sp³-hybridized carbons (Fsp3) is 0.507. The monoisotopic (exact) mass is 1230 g/mol. The van der Waals surface area contributed by atoms with Crippen LogP contribution in [-0.2, 0) is 15.6 Å². The second-order valence-corrected chi connectivity index (χ2v) is 53.9. The van der Waals surface area contributed by atoms with E-state index in [4.69, 9.17) is 40.4 Å². The standard InChI is InChI=1S/C36H54O6Si3.C30H40O6Si2.CH4/c1-34(2,3)43(10,11)40-24-17-19-28-30(21-24)38-23-26(42-45(14,15)36(7,8)9)20-29-27-18-16-25(41-44(12,13)35(4,5)6)22-31(27)39-33(37)32(28)29;1-29(2,3)37(7,8)35-20-12-14-23-25(16-20)33-18-19(31)15-24-22-13-11-21(36-38(9,10)30(4,5)6)17-26(22)34-28(32)27(23)24;/h16-22H,23H2,1-15H3;11-14,16-17H,15,18H2,1-10H3;1H4/b26-20+;;. The number of rotatable bonds is 10. The van der Waals surface area contributed by atoms with Crippen LogP contribution in [0, 0.1) is 0 Å². The maximum atomic E-state index is 13.9. The first kappa shape index (κ1) is 67.5. The van der Waals surface area contributed by atoms with E-state index < -0.39 is 52.8 Å². The normalized spacial score (nSPS) is 15.2. The molecule has 2 aliphatic rings. The third-order valence-corrected chi connectivity index (χ3v) is 40.5. The number of ether oxygens (including phenoxy) is 2. The summed E-state index contributed by atoms with van der Waals surface area (Å²) >= 11 is 0. The third kappa shape index (κ3) is 14.3. The molecule has 17 heteroatoms. The van der Waals surface area contributed by atoms with Gasteiger partial charge in [0.25, 0.3) is 0 Å². The van der Waals surface area contributed by atoms with Gasteiger partial charge in [-0.3, -0.25) is 4.79 Å². The van der Waals surface area contributed by atoms with Crippen molar-refractivity contribution in [2.45, 2.75) is 208 Å². The van der Waals surface area contributed by atoms with Crippen molar-refractivity contribution in [2.24, 2.45) is 0 Å². The molecule has 0 radical (unpaired) electrons. The maximum absolute atomic E-state index is 13.9. The lowest BCUT2D eigenvalue weighted by Crippen LogP contribution is -2.43. The van der Waals surface area contributed by atoms with Gasteiger partial charge in [0.15, 0.2) is 5.78 Å². The summed E-state index contributed by atoms with van der Waals surface area (Å²) in [4.78, 5) is 40.2. The third-order valence-electron chi connectivity index (χ3n) is 18.7. The zero-order valence-corrected chi connectivity index (χ0v) is 59.5. The summed E-state index contributed by atoms with van der Waals surface area (Å²) in [7, 11) is -10.6. The van der Waals surface area contributed by atoms with Crippen molar-refractivity contribution in [1.29, 1.82) is 0 Å². The second-order valence-electron chi connectivity index (χ2n) is 30.3. The van der Waals surface area contributed by atoms with E-state index in [9.17, 15) is 14.4 Å². The molecule has 0 aliphatic carbocycles. The molecule has 0 spiro atoms. The Morgan fingerprint density at radius 1 is 0.405 bits per heavy atom. The van der Waals surface area contributed by atoms with E-state index in [0.717, 1.165) is 22.1 Å². The van der Waals surface area contributed by atoms with Gasteiger partial charge >= 0.3 is 11.3 Å². The molecule has 4 aromatic carbocycles. The van der Waals surface area contributed by atoms with Gasteiger partial charge in [0.05, 0.1) is 11.1 Å². The van der Waals surface area contributed by atoms with Crippen molar-refractivity contribution >= 4 is 75.4 Å². The average Bonchev–Trinajstić information content (AvgIpc) is 1.12. The van der Waals surface area contributed by atoms with Crippen LogP contribution in [0.4, 0.5) is 0 Å². The summed E-state index contributed by atoms with van der Waals surface area (Å²) in [5.41, 5.74) is 3.46. The van der Waals surface area contributed by atoms with E-state index in [1.165, 1.54) is 0 Å². The SMILES string of the molecule is C.CC(C)(C)[Si](C)(C)O/C1=C/c2c(c(=O)oc3cc(O[Si](C)(C)C(C)(C)C)ccc23)-c2ccc(O[Si](C)(C)C(C)(C)C)cc2OC1.CC(C)(C)[Si](C)(C)Oc1ccc2c(c1)OCC(=O)Cc1c-2c(=O)oc2cc(O[Si](C)(C)C(C)(C)C)ccc12. The minimum atomic E-state index is -2.23. The van der Waals surface area contributed by atoms with Crippen LogP contribution in [-0.4, -0.2) is 60.6 Å². The highest BCUT2D eigenvalue weighted by molar-refractivity contribution is 6.76. The molecular formula is C67H98O12Si5. The Labute approximate surface area is 506 Å². The number of benzene rings is 4. The minimum absolute atomic E-state index is 0. The summed E-state index contributed by atoms with van der Waals surface area (Å²) in [6.45, 7) is 55.1. The number of ketones is 1. The van der Waals surface area contributed by atoms with E-state index in [-0.39, 0.29) is 58.0 Å². The molecule has 84 heavy (non-hydrogen) atoms. The van der Waals surface area contributed by atoms with Crippen LogP contribution in [0.15, 0.2) is 97.0 Å². The van der Waals surface area contributed by atoms with Crippen LogP contribution in [0.2, 0.25) is 90.7 Å². The Bertz CT molecular complexity index is 3610. The maximum Gasteiger partial charge on any atom is 0.344 e. The molecular weight excluding hydrogens is 1140 g/mol. The van der Waals surface area contributed by atoms with Crippen molar-refractivity contribution < 1.29 is 45.2 Å². The Morgan fingerprint density at radius 3 is 1.15 bits per heavy atom. The van der Waals surface area contributed by atoms with E-state index >= 15 is 0 Å². The van der Waals surface area contributed by atoms with Crippen molar-refractivity contribution in [3.05, 3.63) is 111 Å². The predicted molar refractivity (Wildman–Crippen MR) is 360 cm³/mol. The smallest absolute Gasteiger partial charge is 0.344 e. The Hall–Kier alpha value is -5.61. The lowest BCUT2D eigenvalue weighted by atomic mass is 9.93. The predicted octanol–water partition coefficient (Wildman–Crippen LogP) is 19.4. The van der Waals surface area contributed by atoms with Gasteiger partial charge in [0.2, 0.25) is 41.6 Å². The van der Waals surface area contributed by atoms with Crippen molar-refractivity contribution in [3.8, 4) is 56.8 Å².